The standard InChI is InChI=1S/C19H17ClN2O2/c1-12-5-6-13-10-15(19(24)22-17(13)9-12)7-8-21-18(23)14-3-2-4-16(20)11-14/h2-6,9-11H,7-8H2,1H3,(H,21,23)(H,22,24). The average Bonchev–Trinajstić information content (AvgIpc) is 2.55. The lowest BCUT2D eigenvalue weighted by atomic mass is 10.1. The monoisotopic (exact) mass is 340 g/mol. The minimum absolute atomic E-state index is 0.120. The smallest absolute Gasteiger partial charge is 0.251 e. The van der Waals surface area contributed by atoms with Crippen LogP contribution in [0, 0.1) is 6.92 Å². The highest BCUT2D eigenvalue weighted by atomic mass is 35.5. The number of H-pyrrole nitrogens is 1. The van der Waals surface area contributed by atoms with E-state index in [4.69, 9.17) is 11.6 Å². The molecule has 122 valence electrons. The van der Waals surface area contributed by atoms with Crippen molar-refractivity contribution >= 4 is 28.4 Å². The number of nitrogens with one attached hydrogen (secondary N) is 2. The molecule has 1 aromatic heterocycles. The number of halogens is 1. The van der Waals surface area contributed by atoms with Gasteiger partial charge in [-0.15, -0.1) is 0 Å². The van der Waals surface area contributed by atoms with E-state index in [2.05, 4.69) is 10.3 Å². The molecule has 1 heterocycles. The molecule has 0 saturated heterocycles. The zero-order chi connectivity index (χ0) is 17.1. The number of aryl methyl sites for hydroxylation is 1. The van der Waals surface area contributed by atoms with Crippen LogP contribution in [0.1, 0.15) is 21.5 Å². The first kappa shape index (κ1) is 16.3. The third kappa shape index (κ3) is 3.66. The zero-order valence-corrected chi connectivity index (χ0v) is 14.0. The molecule has 2 aromatic carbocycles. The molecule has 5 heteroatoms. The first-order chi connectivity index (χ1) is 11.5. The number of rotatable bonds is 4. The molecule has 0 aliphatic rings. The van der Waals surface area contributed by atoms with Crippen molar-refractivity contribution < 1.29 is 4.79 Å². The van der Waals surface area contributed by atoms with Gasteiger partial charge in [-0.1, -0.05) is 29.8 Å². The van der Waals surface area contributed by atoms with Crippen molar-refractivity contribution in [1.29, 1.82) is 0 Å². The van der Waals surface area contributed by atoms with Crippen LogP contribution >= 0.6 is 11.6 Å². The van der Waals surface area contributed by atoms with E-state index in [1.165, 1.54) is 0 Å². The summed E-state index contributed by atoms with van der Waals surface area (Å²) in [5, 5.41) is 4.31. The number of amides is 1. The second-order valence-electron chi connectivity index (χ2n) is 5.73. The van der Waals surface area contributed by atoms with Gasteiger partial charge in [-0.2, -0.15) is 0 Å². The highest BCUT2D eigenvalue weighted by Gasteiger charge is 2.07. The van der Waals surface area contributed by atoms with Crippen LogP contribution in [-0.2, 0) is 6.42 Å². The van der Waals surface area contributed by atoms with Crippen molar-refractivity contribution in [2.45, 2.75) is 13.3 Å². The third-order valence-electron chi connectivity index (χ3n) is 3.85. The molecule has 0 unspecified atom stereocenters. The van der Waals surface area contributed by atoms with E-state index in [0.717, 1.165) is 16.5 Å². The Labute approximate surface area is 144 Å². The van der Waals surface area contributed by atoms with Gasteiger partial charge in [0.05, 0.1) is 0 Å². The summed E-state index contributed by atoms with van der Waals surface area (Å²) in [6.45, 7) is 2.36. The van der Waals surface area contributed by atoms with Gasteiger partial charge in [0.1, 0.15) is 0 Å². The van der Waals surface area contributed by atoms with Crippen LogP contribution in [0.25, 0.3) is 10.9 Å². The van der Waals surface area contributed by atoms with Gasteiger partial charge in [0.25, 0.3) is 11.5 Å². The van der Waals surface area contributed by atoms with Crippen molar-refractivity contribution in [3.05, 3.63) is 80.6 Å². The van der Waals surface area contributed by atoms with Crippen LogP contribution in [-0.4, -0.2) is 17.4 Å². The minimum Gasteiger partial charge on any atom is -0.352 e. The van der Waals surface area contributed by atoms with Crippen LogP contribution < -0.4 is 10.9 Å². The van der Waals surface area contributed by atoms with E-state index in [1.807, 2.05) is 31.2 Å². The van der Waals surface area contributed by atoms with Gasteiger partial charge in [-0.25, -0.2) is 0 Å². The number of pyridine rings is 1. The van der Waals surface area contributed by atoms with Crippen molar-refractivity contribution in [3.8, 4) is 0 Å². The molecule has 2 N–H and O–H groups in total. The van der Waals surface area contributed by atoms with Gasteiger partial charge in [0.15, 0.2) is 0 Å². The van der Waals surface area contributed by atoms with Crippen LogP contribution in [0.15, 0.2) is 53.3 Å². The molecule has 0 bridgehead atoms. The largest absolute Gasteiger partial charge is 0.352 e. The second kappa shape index (κ2) is 6.89. The average molecular weight is 341 g/mol. The summed E-state index contributed by atoms with van der Waals surface area (Å²) >= 11 is 5.88. The SMILES string of the molecule is Cc1ccc2cc(CCNC(=O)c3cccc(Cl)c3)c(=O)[nH]c2c1. The normalized spacial score (nSPS) is 10.8. The highest BCUT2D eigenvalue weighted by Crippen LogP contribution is 2.13. The molecule has 0 fully saturated rings. The fraction of sp³-hybridized carbons (Fsp3) is 0.158. The fourth-order valence-corrected chi connectivity index (χ4v) is 2.78. The molecule has 0 spiro atoms. The lowest BCUT2D eigenvalue weighted by molar-refractivity contribution is 0.0954. The minimum atomic E-state index is -0.203. The van der Waals surface area contributed by atoms with Gasteiger partial charge in [0.2, 0.25) is 0 Å². The molecule has 0 aliphatic carbocycles. The van der Waals surface area contributed by atoms with E-state index in [-0.39, 0.29) is 11.5 Å². The van der Waals surface area contributed by atoms with Gasteiger partial charge in [-0.3, -0.25) is 9.59 Å². The Morgan fingerprint density at radius 2 is 2.00 bits per heavy atom. The molecule has 0 saturated carbocycles. The van der Waals surface area contributed by atoms with Gasteiger partial charge in [-0.05, 0) is 54.6 Å². The molecule has 0 radical (unpaired) electrons. The first-order valence-electron chi connectivity index (χ1n) is 7.69. The van der Waals surface area contributed by atoms with Crippen molar-refractivity contribution in [2.24, 2.45) is 0 Å². The Balaban J connectivity index is 1.69. The molecule has 0 atom stereocenters. The maximum absolute atomic E-state index is 12.1. The third-order valence-corrected chi connectivity index (χ3v) is 4.08. The number of carbonyl (C=O) groups excluding carboxylic acids is 1. The summed E-state index contributed by atoms with van der Waals surface area (Å²) in [4.78, 5) is 27.1. The summed E-state index contributed by atoms with van der Waals surface area (Å²) in [7, 11) is 0. The van der Waals surface area contributed by atoms with Crippen LogP contribution in [0.4, 0.5) is 0 Å². The number of benzene rings is 2. The number of hydrogen-bond acceptors (Lipinski definition) is 2. The number of aromatic amines is 1. The van der Waals surface area contributed by atoms with E-state index in [0.29, 0.717) is 29.1 Å². The zero-order valence-electron chi connectivity index (χ0n) is 13.2. The van der Waals surface area contributed by atoms with Gasteiger partial charge in [0, 0.05) is 28.2 Å². The maximum atomic E-state index is 12.1. The molecular weight excluding hydrogens is 324 g/mol. The lowest BCUT2D eigenvalue weighted by Crippen LogP contribution is -2.27. The molecular formula is C19H17ClN2O2. The molecule has 3 rings (SSSR count). The van der Waals surface area contributed by atoms with Crippen LogP contribution in [0.2, 0.25) is 5.02 Å². The predicted octanol–water partition coefficient (Wildman–Crippen LogP) is 3.46. The Kier molecular flexibility index (Phi) is 4.67. The molecule has 24 heavy (non-hydrogen) atoms. The van der Waals surface area contributed by atoms with E-state index < -0.39 is 0 Å². The Bertz CT molecular complexity index is 963. The molecule has 4 nitrogen and oxygen atoms in total. The first-order valence-corrected chi connectivity index (χ1v) is 8.07. The fourth-order valence-electron chi connectivity index (χ4n) is 2.59. The Hall–Kier alpha value is -2.59. The Morgan fingerprint density at radius 1 is 1.17 bits per heavy atom. The van der Waals surface area contributed by atoms with Crippen LogP contribution in [0.3, 0.4) is 0 Å². The summed E-state index contributed by atoms with van der Waals surface area (Å²) in [5.41, 5.74) is 2.96. The van der Waals surface area contributed by atoms with Crippen molar-refractivity contribution in [3.63, 3.8) is 0 Å². The van der Waals surface area contributed by atoms with E-state index in [1.54, 1.807) is 24.3 Å². The van der Waals surface area contributed by atoms with Gasteiger partial charge >= 0.3 is 0 Å². The summed E-state index contributed by atoms with van der Waals surface area (Å²) < 4.78 is 0. The van der Waals surface area contributed by atoms with E-state index in [9.17, 15) is 9.59 Å². The predicted molar refractivity (Wildman–Crippen MR) is 96.8 cm³/mol. The molecule has 3 aromatic rings. The number of carbonyl (C=O) groups is 1. The summed E-state index contributed by atoms with van der Waals surface area (Å²) in [5.74, 6) is -0.203. The van der Waals surface area contributed by atoms with Crippen LogP contribution in [0.5, 0.6) is 0 Å². The number of hydrogen-bond donors (Lipinski definition) is 2. The highest BCUT2D eigenvalue weighted by molar-refractivity contribution is 6.30. The quantitative estimate of drug-likeness (QED) is 0.764. The molecule has 1 amide bonds. The number of fused-ring (bicyclic) bond motifs is 1. The van der Waals surface area contributed by atoms with Crippen molar-refractivity contribution in [1.82, 2.24) is 10.3 Å². The number of aromatic nitrogens is 1. The van der Waals surface area contributed by atoms with E-state index >= 15 is 0 Å². The lowest BCUT2D eigenvalue weighted by Gasteiger charge is -2.07. The van der Waals surface area contributed by atoms with Crippen molar-refractivity contribution in [2.75, 3.05) is 6.54 Å². The summed E-state index contributed by atoms with van der Waals surface area (Å²) in [6.07, 6.45) is 0.464. The maximum Gasteiger partial charge on any atom is 0.251 e. The second-order valence-corrected chi connectivity index (χ2v) is 6.17. The molecule has 0 aliphatic heterocycles. The topological polar surface area (TPSA) is 62.0 Å². The summed E-state index contributed by atoms with van der Waals surface area (Å²) in [6, 6.07) is 14.6. The van der Waals surface area contributed by atoms with Gasteiger partial charge < -0.3 is 10.3 Å². The Morgan fingerprint density at radius 3 is 2.79 bits per heavy atom.